The molecule has 4 aromatic rings. The van der Waals surface area contributed by atoms with E-state index in [0.717, 1.165) is 83.5 Å². The van der Waals surface area contributed by atoms with Crippen LogP contribution >= 0.6 is 11.3 Å². The summed E-state index contributed by atoms with van der Waals surface area (Å²) in [4.78, 5) is 37.8. The smallest absolute Gasteiger partial charge is 0.260 e. The number of para-hydroxylation sites is 1. The van der Waals surface area contributed by atoms with E-state index in [9.17, 15) is 9.59 Å². The average molecular weight is 505 g/mol. The summed E-state index contributed by atoms with van der Waals surface area (Å²) in [7, 11) is 0. The minimum atomic E-state index is -0.505. The van der Waals surface area contributed by atoms with Gasteiger partial charge in [0, 0.05) is 42.5 Å². The van der Waals surface area contributed by atoms with Gasteiger partial charge in [-0.15, -0.1) is 11.3 Å². The fourth-order valence-corrected chi connectivity index (χ4v) is 6.42. The van der Waals surface area contributed by atoms with Crippen molar-refractivity contribution in [3.8, 4) is 0 Å². The Balaban J connectivity index is 1.41. The van der Waals surface area contributed by atoms with Gasteiger partial charge in [-0.05, 0) is 49.9 Å². The first-order chi connectivity index (χ1) is 17.4. The van der Waals surface area contributed by atoms with E-state index in [4.69, 9.17) is 16.5 Å². The first kappa shape index (κ1) is 24.1. The van der Waals surface area contributed by atoms with Crippen LogP contribution in [0.1, 0.15) is 48.3 Å². The second-order valence-corrected chi connectivity index (χ2v) is 10.3. The van der Waals surface area contributed by atoms with E-state index in [0.29, 0.717) is 16.6 Å². The Kier molecular flexibility index (Phi) is 6.57. The highest BCUT2D eigenvalue weighted by Crippen LogP contribution is 2.38. The number of aromatic nitrogens is 2. The van der Waals surface area contributed by atoms with Gasteiger partial charge in [0.05, 0.1) is 16.9 Å². The molecule has 36 heavy (non-hydrogen) atoms. The molecule has 1 aliphatic rings. The lowest BCUT2D eigenvalue weighted by Gasteiger charge is -2.40. The molecular formula is C27H32N6O2S. The van der Waals surface area contributed by atoms with Gasteiger partial charge < -0.3 is 26.3 Å². The summed E-state index contributed by atoms with van der Waals surface area (Å²) in [6.07, 6.45) is 3.79. The van der Waals surface area contributed by atoms with E-state index >= 15 is 0 Å². The molecule has 4 heterocycles. The highest BCUT2D eigenvalue weighted by atomic mass is 32.1. The van der Waals surface area contributed by atoms with Crippen LogP contribution in [0.4, 0.5) is 17.2 Å². The van der Waals surface area contributed by atoms with Gasteiger partial charge in [0.2, 0.25) is 5.56 Å². The minimum absolute atomic E-state index is 0.0844. The van der Waals surface area contributed by atoms with Gasteiger partial charge in [0.25, 0.3) is 5.91 Å². The van der Waals surface area contributed by atoms with Gasteiger partial charge in [-0.3, -0.25) is 9.59 Å². The number of carbonyl (C=O) groups excluding carboxylic acids is 1. The number of amides is 1. The van der Waals surface area contributed by atoms with Gasteiger partial charge in [0.1, 0.15) is 15.5 Å². The van der Waals surface area contributed by atoms with Crippen molar-refractivity contribution in [1.29, 1.82) is 0 Å². The Morgan fingerprint density at radius 2 is 2.00 bits per heavy atom. The molecule has 188 valence electrons. The molecule has 0 radical (unpaired) electrons. The number of carbonyl (C=O) groups is 1. The molecule has 0 saturated carbocycles. The minimum Gasteiger partial charge on any atom is -0.397 e. The van der Waals surface area contributed by atoms with Crippen LogP contribution in [0.15, 0.2) is 41.2 Å². The van der Waals surface area contributed by atoms with Crippen LogP contribution in [0, 0.1) is 0 Å². The largest absolute Gasteiger partial charge is 0.397 e. The summed E-state index contributed by atoms with van der Waals surface area (Å²) < 4.78 is 0. The van der Waals surface area contributed by atoms with E-state index in [2.05, 4.69) is 46.8 Å². The molecule has 3 aromatic heterocycles. The van der Waals surface area contributed by atoms with E-state index in [1.165, 1.54) is 11.3 Å². The van der Waals surface area contributed by atoms with Crippen LogP contribution in [0.25, 0.3) is 21.1 Å². The molecular weight excluding hydrogens is 472 g/mol. The summed E-state index contributed by atoms with van der Waals surface area (Å²) in [6.45, 7) is 6.90. The van der Waals surface area contributed by atoms with Crippen LogP contribution in [0.5, 0.6) is 0 Å². The number of rotatable bonds is 7. The predicted octanol–water partition coefficient (Wildman–Crippen LogP) is 4.27. The lowest BCUT2D eigenvalue weighted by Crippen LogP contribution is -2.45. The first-order valence-electron chi connectivity index (χ1n) is 12.6. The standard InChI is InChI=1S/C27H32N6O2S/c1-3-6-17-15-20(30-27-22(17)23(28)25(36-27)26(29)35)32-13-11-18(12-14-32)33(4-2)19-8-5-7-16-9-10-21(34)31-24(16)19/h5,7-10,15,18H,3-4,6,11-14,28H2,1-2H3,(H2,29,35)(H,31,34). The Labute approximate surface area is 213 Å². The van der Waals surface area contributed by atoms with Crippen LogP contribution in [0.3, 0.4) is 0 Å². The van der Waals surface area contributed by atoms with Crippen molar-refractivity contribution in [1.82, 2.24) is 9.97 Å². The number of nitrogens with one attached hydrogen (secondary N) is 1. The van der Waals surface area contributed by atoms with E-state index < -0.39 is 5.91 Å². The third kappa shape index (κ3) is 4.28. The van der Waals surface area contributed by atoms with Gasteiger partial charge in [0.15, 0.2) is 0 Å². The lowest BCUT2D eigenvalue weighted by atomic mass is 10.0. The maximum absolute atomic E-state index is 12.0. The summed E-state index contributed by atoms with van der Waals surface area (Å²) in [5.74, 6) is 0.425. The number of pyridine rings is 2. The van der Waals surface area contributed by atoms with Crippen molar-refractivity contribution in [3.63, 3.8) is 0 Å². The molecule has 8 nitrogen and oxygen atoms in total. The molecule has 5 rings (SSSR count). The maximum atomic E-state index is 12.0. The second kappa shape index (κ2) is 9.81. The molecule has 0 atom stereocenters. The quantitative estimate of drug-likeness (QED) is 0.346. The molecule has 1 amide bonds. The monoisotopic (exact) mass is 504 g/mol. The molecule has 1 aliphatic heterocycles. The van der Waals surface area contributed by atoms with Gasteiger partial charge in [-0.1, -0.05) is 25.5 Å². The summed E-state index contributed by atoms with van der Waals surface area (Å²) >= 11 is 1.28. The normalized spacial score (nSPS) is 14.6. The highest BCUT2D eigenvalue weighted by molar-refractivity contribution is 7.21. The fourth-order valence-electron chi connectivity index (χ4n) is 5.43. The van der Waals surface area contributed by atoms with Crippen molar-refractivity contribution in [2.24, 2.45) is 5.73 Å². The molecule has 0 aliphatic carbocycles. The number of fused-ring (bicyclic) bond motifs is 2. The van der Waals surface area contributed by atoms with Crippen molar-refractivity contribution in [3.05, 3.63) is 57.2 Å². The first-order valence-corrected chi connectivity index (χ1v) is 13.4. The Morgan fingerprint density at radius 1 is 1.22 bits per heavy atom. The zero-order valence-corrected chi connectivity index (χ0v) is 21.5. The molecule has 0 spiro atoms. The SMILES string of the molecule is CCCc1cc(N2CCC(N(CC)c3cccc4ccc(=O)[nH]c34)CC2)nc2sc(C(N)=O)c(N)c12. The Bertz CT molecular complexity index is 1490. The number of piperidine rings is 1. The number of hydrogen-bond acceptors (Lipinski definition) is 7. The van der Waals surface area contributed by atoms with Gasteiger partial charge >= 0.3 is 0 Å². The van der Waals surface area contributed by atoms with Crippen LogP contribution in [-0.2, 0) is 6.42 Å². The van der Waals surface area contributed by atoms with E-state index in [1.807, 2.05) is 12.1 Å². The third-order valence-electron chi connectivity index (χ3n) is 7.13. The summed E-state index contributed by atoms with van der Waals surface area (Å²) in [5, 5.41) is 1.91. The van der Waals surface area contributed by atoms with Crippen LogP contribution in [0.2, 0.25) is 0 Å². The van der Waals surface area contributed by atoms with Gasteiger partial charge in [-0.25, -0.2) is 4.98 Å². The van der Waals surface area contributed by atoms with E-state index in [-0.39, 0.29) is 5.56 Å². The lowest BCUT2D eigenvalue weighted by molar-refractivity contribution is 0.100. The fraction of sp³-hybridized carbons (Fsp3) is 0.370. The number of thiophene rings is 1. The van der Waals surface area contributed by atoms with Crippen LogP contribution < -0.4 is 26.8 Å². The Hall–Kier alpha value is -3.59. The number of H-pyrrole nitrogens is 1. The number of hydrogen-bond donors (Lipinski definition) is 3. The molecule has 0 unspecified atom stereocenters. The molecule has 5 N–H and O–H groups in total. The van der Waals surface area contributed by atoms with Crippen LogP contribution in [-0.4, -0.2) is 41.6 Å². The number of nitrogens with two attached hydrogens (primary N) is 2. The number of anilines is 3. The topological polar surface area (TPSA) is 121 Å². The van der Waals surface area contributed by atoms with Crippen molar-refractivity contribution < 1.29 is 4.79 Å². The maximum Gasteiger partial charge on any atom is 0.260 e. The molecule has 1 saturated heterocycles. The second-order valence-electron chi connectivity index (χ2n) is 9.35. The average Bonchev–Trinajstić information content (AvgIpc) is 3.22. The predicted molar refractivity (Wildman–Crippen MR) is 149 cm³/mol. The third-order valence-corrected chi connectivity index (χ3v) is 8.24. The van der Waals surface area contributed by atoms with Crippen molar-refractivity contribution >= 4 is 55.6 Å². The summed E-state index contributed by atoms with van der Waals surface area (Å²) in [6, 6.07) is 12.1. The molecule has 0 bridgehead atoms. The number of benzene rings is 1. The number of aryl methyl sites for hydroxylation is 1. The number of primary amides is 1. The molecule has 1 aromatic carbocycles. The van der Waals surface area contributed by atoms with Crippen molar-refractivity contribution in [2.45, 2.75) is 45.6 Å². The summed E-state index contributed by atoms with van der Waals surface area (Å²) in [5.41, 5.74) is 15.3. The zero-order chi connectivity index (χ0) is 25.4. The Morgan fingerprint density at radius 3 is 2.69 bits per heavy atom. The molecule has 1 fully saturated rings. The number of aromatic amines is 1. The van der Waals surface area contributed by atoms with Gasteiger partial charge in [-0.2, -0.15) is 0 Å². The molecule has 9 heteroatoms. The van der Waals surface area contributed by atoms with Crippen molar-refractivity contribution in [2.75, 3.05) is 35.2 Å². The number of nitrogen functional groups attached to an aromatic ring is 1. The zero-order valence-electron chi connectivity index (χ0n) is 20.7. The number of nitrogens with zero attached hydrogens (tertiary/aromatic N) is 3. The van der Waals surface area contributed by atoms with E-state index in [1.54, 1.807) is 6.07 Å². The highest BCUT2D eigenvalue weighted by Gasteiger charge is 2.27.